The molecule has 0 radical (unpaired) electrons. The maximum Gasteiger partial charge on any atom is 0.0975 e. The molecular formula is C14H15NOS. The van der Waals surface area contributed by atoms with Crippen LogP contribution in [0.2, 0.25) is 0 Å². The van der Waals surface area contributed by atoms with Crippen LogP contribution in [0.5, 0.6) is 0 Å². The molecule has 1 fully saturated rings. The maximum absolute atomic E-state index is 9.34. The SMILES string of the molecule is OCc1sc(Cc2ccccc2)nc1C1CC1. The van der Waals surface area contributed by atoms with Crippen molar-refractivity contribution >= 4 is 11.3 Å². The van der Waals surface area contributed by atoms with Crippen LogP contribution >= 0.6 is 11.3 Å². The second-order valence-electron chi connectivity index (χ2n) is 4.51. The number of thiazole rings is 1. The molecule has 88 valence electrons. The zero-order valence-electron chi connectivity index (χ0n) is 9.60. The van der Waals surface area contributed by atoms with E-state index >= 15 is 0 Å². The zero-order chi connectivity index (χ0) is 11.7. The molecule has 1 N–H and O–H groups in total. The van der Waals surface area contributed by atoms with Gasteiger partial charge in [0.25, 0.3) is 0 Å². The van der Waals surface area contributed by atoms with Crippen LogP contribution < -0.4 is 0 Å². The zero-order valence-corrected chi connectivity index (χ0v) is 10.4. The van der Waals surface area contributed by atoms with E-state index in [9.17, 15) is 5.11 Å². The van der Waals surface area contributed by atoms with Crippen LogP contribution in [0, 0.1) is 0 Å². The fourth-order valence-electron chi connectivity index (χ4n) is 2.05. The smallest absolute Gasteiger partial charge is 0.0975 e. The van der Waals surface area contributed by atoms with Crippen molar-refractivity contribution in [3.63, 3.8) is 0 Å². The minimum absolute atomic E-state index is 0.137. The molecule has 1 aromatic carbocycles. The van der Waals surface area contributed by atoms with E-state index < -0.39 is 0 Å². The van der Waals surface area contributed by atoms with Crippen LogP contribution in [0.3, 0.4) is 0 Å². The number of benzene rings is 1. The lowest BCUT2D eigenvalue weighted by atomic mass is 10.2. The van der Waals surface area contributed by atoms with E-state index in [1.807, 2.05) is 6.07 Å². The molecule has 0 atom stereocenters. The summed E-state index contributed by atoms with van der Waals surface area (Å²) >= 11 is 1.66. The van der Waals surface area contributed by atoms with Gasteiger partial charge in [-0.15, -0.1) is 11.3 Å². The third kappa shape index (κ3) is 2.40. The van der Waals surface area contributed by atoms with Crippen molar-refractivity contribution in [2.75, 3.05) is 0 Å². The molecule has 0 bridgehead atoms. The van der Waals surface area contributed by atoms with Gasteiger partial charge in [-0.1, -0.05) is 30.3 Å². The van der Waals surface area contributed by atoms with Crippen LogP contribution in [0.4, 0.5) is 0 Å². The van der Waals surface area contributed by atoms with E-state index in [0.717, 1.165) is 22.0 Å². The topological polar surface area (TPSA) is 33.1 Å². The first-order valence-corrected chi connectivity index (χ1v) is 6.81. The molecule has 0 amide bonds. The lowest BCUT2D eigenvalue weighted by Crippen LogP contribution is -1.89. The average molecular weight is 245 g/mol. The summed E-state index contributed by atoms with van der Waals surface area (Å²) in [4.78, 5) is 5.76. The first-order valence-electron chi connectivity index (χ1n) is 6.00. The quantitative estimate of drug-likeness (QED) is 0.898. The molecule has 17 heavy (non-hydrogen) atoms. The monoisotopic (exact) mass is 245 g/mol. The molecule has 1 aliphatic rings. The summed E-state index contributed by atoms with van der Waals surface area (Å²) in [6, 6.07) is 10.4. The minimum Gasteiger partial charge on any atom is -0.391 e. The lowest BCUT2D eigenvalue weighted by Gasteiger charge is -1.96. The minimum atomic E-state index is 0.137. The molecule has 0 spiro atoms. The van der Waals surface area contributed by atoms with Gasteiger partial charge >= 0.3 is 0 Å². The van der Waals surface area contributed by atoms with Gasteiger partial charge in [-0.05, 0) is 18.4 Å². The predicted molar refractivity (Wildman–Crippen MR) is 69.3 cm³/mol. The second kappa shape index (κ2) is 4.59. The van der Waals surface area contributed by atoms with E-state index in [-0.39, 0.29) is 6.61 Å². The van der Waals surface area contributed by atoms with Crippen LogP contribution in [0.1, 0.15) is 39.9 Å². The number of aliphatic hydroxyl groups excluding tert-OH is 1. The largest absolute Gasteiger partial charge is 0.391 e. The summed E-state index contributed by atoms with van der Waals surface area (Å²) < 4.78 is 0. The molecule has 0 aliphatic heterocycles. The van der Waals surface area contributed by atoms with Gasteiger partial charge in [0, 0.05) is 12.3 Å². The van der Waals surface area contributed by atoms with E-state index in [1.165, 1.54) is 18.4 Å². The van der Waals surface area contributed by atoms with Gasteiger partial charge in [-0.25, -0.2) is 4.98 Å². The third-order valence-corrected chi connectivity index (χ3v) is 4.13. The highest BCUT2D eigenvalue weighted by Gasteiger charge is 2.29. The number of rotatable bonds is 4. The van der Waals surface area contributed by atoms with Gasteiger partial charge in [0.15, 0.2) is 0 Å². The molecule has 1 saturated carbocycles. The standard InChI is InChI=1S/C14H15NOS/c16-9-12-14(11-6-7-11)15-13(17-12)8-10-4-2-1-3-5-10/h1-5,11,16H,6-9H2. The molecule has 2 aromatic rings. The molecule has 3 rings (SSSR count). The Morgan fingerprint density at radius 3 is 2.65 bits per heavy atom. The highest BCUT2D eigenvalue weighted by Crippen LogP contribution is 2.42. The van der Waals surface area contributed by atoms with Crippen molar-refractivity contribution < 1.29 is 5.11 Å². The van der Waals surface area contributed by atoms with Gasteiger partial charge in [-0.2, -0.15) is 0 Å². The van der Waals surface area contributed by atoms with E-state index in [4.69, 9.17) is 4.98 Å². The predicted octanol–water partition coefficient (Wildman–Crippen LogP) is 3.10. The Labute approximate surface area is 105 Å². The summed E-state index contributed by atoms with van der Waals surface area (Å²) in [7, 11) is 0. The third-order valence-electron chi connectivity index (χ3n) is 3.08. The Kier molecular flexibility index (Phi) is 2.95. The van der Waals surface area contributed by atoms with Crippen molar-refractivity contribution in [3.05, 3.63) is 51.5 Å². The van der Waals surface area contributed by atoms with Crippen molar-refractivity contribution in [1.29, 1.82) is 0 Å². The summed E-state index contributed by atoms with van der Waals surface area (Å²) in [6.07, 6.45) is 3.36. The Balaban J connectivity index is 1.83. The summed E-state index contributed by atoms with van der Waals surface area (Å²) in [6.45, 7) is 0.137. The van der Waals surface area contributed by atoms with E-state index in [1.54, 1.807) is 11.3 Å². The van der Waals surface area contributed by atoms with Gasteiger partial charge in [0.1, 0.15) is 0 Å². The molecule has 1 aliphatic carbocycles. The first kappa shape index (κ1) is 10.9. The molecule has 0 unspecified atom stereocenters. The molecule has 1 aromatic heterocycles. The Bertz CT molecular complexity index is 502. The van der Waals surface area contributed by atoms with Gasteiger partial charge in [-0.3, -0.25) is 0 Å². The summed E-state index contributed by atoms with van der Waals surface area (Å²) in [5.74, 6) is 0.623. The molecule has 1 heterocycles. The molecular weight excluding hydrogens is 230 g/mol. The van der Waals surface area contributed by atoms with Crippen molar-refractivity contribution in [3.8, 4) is 0 Å². The van der Waals surface area contributed by atoms with Crippen LogP contribution in [0.15, 0.2) is 30.3 Å². The fraction of sp³-hybridized carbons (Fsp3) is 0.357. The number of hydrogen-bond donors (Lipinski definition) is 1. The maximum atomic E-state index is 9.34. The Hall–Kier alpha value is -1.19. The van der Waals surface area contributed by atoms with Crippen molar-refractivity contribution in [2.45, 2.75) is 31.8 Å². The van der Waals surface area contributed by atoms with E-state index in [0.29, 0.717) is 5.92 Å². The molecule has 2 nitrogen and oxygen atoms in total. The average Bonchev–Trinajstić information content (AvgIpc) is 3.13. The van der Waals surface area contributed by atoms with Crippen molar-refractivity contribution in [2.24, 2.45) is 0 Å². The second-order valence-corrected chi connectivity index (χ2v) is 5.68. The Morgan fingerprint density at radius 2 is 2.00 bits per heavy atom. The number of aromatic nitrogens is 1. The first-order chi connectivity index (χ1) is 8.36. The van der Waals surface area contributed by atoms with E-state index in [2.05, 4.69) is 24.3 Å². The molecule has 0 saturated heterocycles. The number of aliphatic hydroxyl groups is 1. The highest BCUT2D eigenvalue weighted by atomic mass is 32.1. The normalized spacial score (nSPS) is 15.1. The highest BCUT2D eigenvalue weighted by molar-refractivity contribution is 7.11. The van der Waals surface area contributed by atoms with Crippen molar-refractivity contribution in [1.82, 2.24) is 4.98 Å². The van der Waals surface area contributed by atoms with Gasteiger partial charge in [0.05, 0.1) is 22.2 Å². The summed E-state index contributed by atoms with van der Waals surface area (Å²) in [5.41, 5.74) is 2.44. The van der Waals surface area contributed by atoms with Crippen LogP contribution in [0.25, 0.3) is 0 Å². The summed E-state index contributed by atoms with van der Waals surface area (Å²) in [5, 5.41) is 10.5. The fourth-order valence-corrected chi connectivity index (χ4v) is 3.10. The van der Waals surface area contributed by atoms with Gasteiger partial charge < -0.3 is 5.11 Å². The van der Waals surface area contributed by atoms with Crippen LogP contribution in [-0.2, 0) is 13.0 Å². The lowest BCUT2D eigenvalue weighted by molar-refractivity contribution is 0.284. The Morgan fingerprint density at radius 1 is 1.24 bits per heavy atom. The number of hydrogen-bond acceptors (Lipinski definition) is 3. The number of nitrogens with zero attached hydrogens (tertiary/aromatic N) is 1. The van der Waals surface area contributed by atoms with Gasteiger partial charge in [0.2, 0.25) is 0 Å². The molecule has 3 heteroatoms. The van der Waals surface area contributed by atoms with Crippen LogP contribution in [-0.4, -0.2) is 10.1 Å².